The predicted octanol–water partition coefficient (Wildman–Crippen LogP) is 3.19. The Labute approximate surface area is 110 Å². The van der Waals surface area contributed by atoms with Crippen molar-refractivity contribution >= 4 is 21.7 Å². The first-order valence-corrected chi connectivity index (χ1v) is 5.98. The lowest BCUT2D eigenvalue weighted by Crippen LogP contribution is -1.79. The number of hydrogen-bond donors (Lipinski definition) is 1. The van der Waals surface area contributed by atoms with Gasteiger partial charge in [0.2, 0.25) is 0 Å². The van der Waals surface area contributed by atoms with Crippen molar-refractivity contribution in [1.82, 2.24) is 20.4 Å². The summed E-state index contributed by atoms with van der Waals surface area (Å²) < 4.78 is 0. The summed E-state index contributed by atoms with van der Waals surface area (Å²) in [6.07, 6.45) is 5.07. The first kappa shape index (κ1) is 11.3. The van der Waals surface area contributed by atoms with Gasteiger partial charge >= 0.3 is 0 Å². The molecule has 0 saturated heterocycles. The van der Waals surface area contributed by atoms with E-state index in [1.54, 1.807) is 12.4 Å². The second-order valence-corrected chi connectivity index (χ2v) is 4.02. The van der Waals surface area contributed by atoms with Gasteiger partial charge in [0, 0.05) is 17.8 Å². The smallest absolute Gasteiger partial charge is 0.0708 e. The first-order chi connectivity index (χ1) is 9.45. The van der Waals surface area contributed by atoms with E-state index in [-0.39, 0.29) is 0 Å². The third kappa shape index (κ3) is 2.42. The van der Waals surface area contributed by atoms with E-state index in [1.807, 2.05) is 12.3 Å². The van der Waals surface area contributed by atoms with E-state index in [2.05, 4.69) is 62.9 Å². The van der Waals surface area contributed by atoms with Gasteiger partial charge in [0.05, 0.1) is 11.7 Å². The van der Waals surface area contributed by atoms with Crippen LogP contribution >= 0.6 is 0 Å². The SMILES string of the molecule is c1c[nH]nn1.c1ccc2c(c1)ccc1ncccc12. The van der Waals surface area contributed by atoms with Crippen LogP contribution in [0.2, 0.25) is 0 Å². The molecule has 0 bridgehead atoms. The fourth-order valence-electron chi connectivity index (χ4n) is 2.00. The fourth-order valence-corrected chi connectivity index (χ4v) is 2.00. The van der Waals surface area contributed by atoms with E-state index >= 15 is 0 Å². The molecule has 92 valence electrons. The monoisotopic (exact) mass is 248 g/mol. The van der Waals surface area contributed by atoms with Gasteiger partial charge in [-0.15, -0.1) is 5.10 Å². The summed E-state index contributed by atoms with van der Waals surface area (Å²) in [5.41, 5.74) is 1.06. The van der Waals surface area contributed by atoms with Crippen LogP contribution in [0.4, 0.5) is 0 Å². The second-order valence-electron chi connectivity index (χ2n) is 4.02. The second kappa shape index (κ2) is 5.27. The van der Waals surface area contributed by atoms with Gasteiger partial charge in [-0.2, -0.15) is 0 Å². The molecular formula is C15H12N4. The van der Waals surface area contributed by atoms with E-state index in [9.17, 15) is 0 Å². The number of aromatic nitrogens is 4. The molecule has 2 aromatic heterocycles. The number of H-pyrrole nitrogens is 1. The van der Waals surface area contributed by atoms with Gasteiger partial charge in [-0.1, -0.05) is 41.6 Å². The van der Waals surface area contributed by atoms with Crippen LogP contribution in [-0.2, 0) is 0 Å². The largest absolute Gasteiger partial charge is 0.266 e. The fraction of sp³-hybridized carbons (Fsp3) is 0. The summed E-state index contributed by atoms with van der Waals surface area (Å²) in [5, 5.41) is 13.0. The standard InChI is InChI=1S/C13H9N.C2H3N3/c1-2-5-11-10(4-1)7-8-13-12(11)6-3-9-14-13;1-2-4-5-3-1/h1-9H;1-2H,(H,3,4,5). The topological polar surface area (TPSA) is 54.5 Å². The Morgan fingerprint density at radius 3 is 2.47 bits per heavy atom. The summed E-state index contributed by atoms with van der Waals surface area (Å²) in [7, 11) is 0. The zero-order valence-corrected chi connectivity index (χ0v) is 10.2. The molecular weight excluding hydrogens is 236 g/mol. The molecule has 0 radical (unpaired) electrons. The molecule has 2 heterocycles. The third-order valence-corrected chi connectivity index (χ3v) is 2.84. The Hall–Kier alpha value is -2.75. The van der Waals surface area contributed by atoms with Crippen LogP contribution in [0.3, 0.4) is 0 Å². The lowest BCUT2D eigenvalue weighted by Gasteiger charge is -2.01. The van der Waals surface area contributed by atoms with Crippen LogP contribution in [0.1, 0.15) is 0 Å². The Balaban J connectivity index is 0.000000187. The number of fused-ring (bicyclic) bond motifs is 3. The maximum Gasteiger partial charge on any atom is 0.0708 e. The summed E-state index contributed by atoms with van der Waals surface area (Å²) in [4.78, 5) is 4.33. The average molecular weight is 248 g/mol. The number of nitrogens with zero attached hydrogens (tertiary/aromatic N) is 3. The van der Waals surface area contributed by atoms with Gasteiger partial charge in [0.1, 0.15) is 0 Å². The molecule has 1 N–H and O–H groups in total. The van der Waals surface area contributed by atoms with E-state index in [1.165, 1.54) is 16.2 Å². The zero-order chi connectivity index (χ0) is 12.9. The molecule has 0 aliphatic rings. The number of aromatic amines is 1. The summed E-state index contributed by atoms with van der Waals surface area (Å²) in [5.74, 6) is 0. The van der Waals surface area contributed by atoms with E-state index in [0.717, 1.165) is 5.52 Å². The molecule has 0 aliphatic heterocycles. The summed E-state index contributed by atoms with van der Waals surface area (Å²) >= 11 is 0. The number of hydrogen-bond acceptors (Lipinski definition) is 3. The Bertz CT molecular complexity index is 706. The molecule has 4 aromatic rings. The molecule has 0 fully saturated rings. The van der Waals surface area contributed by atoms with Crippen LogP contribution in [0, 0.1) is 0 Å². The van der Waals surface area contributed by atoms with Crippen LogP contribution in [0.5, 0.6) is 0 Å². The maximum absolute atomic E-state index is 4.33. The minimum absolute atomic E-state index is 1.06. The highest BCUT2D eigenvalue weighted by atomic mass is 15.3. The number of rotatable bonds is 0. The van der Waals surface area contributed by atoms with Crippen molar-refractivity contribution in [2.75, 3.05) is 0 Å². The molecule has 4 rings (SSSR count). The van der Waals surface area contributed by atoms with Crippen LogP contribution in [0.25, 0.3) is 21.7 Å². The quantitative estimate of drug-likeness (QED) is 0.486. The number of nitrogens with one attached hydrogen (secondary N) is 1. The molecule has 19 heavy (non-hydrogen) atoms. The molecule has 2 aromatic carbocycles. The molecule has 0 spiro atoms. The lowest BCUT2D eigenvalue weighted by atomic mass is 10.1. The minimum Gasteiger partial charge on any atom is -0.266 e. The molecule has 0 amide bonds. The number of pyridine rings is 1. The van der Waals surface area contributed by atoms with Crippen molar-refractivity contribution in [1.29, 1.82) is 0 Å². The molecule has 4 nitrogen and oxygen atoms in total. The van der Waals surface area contributed by atoms with Crippen LogP contribution in [0.15, 0.2) is 67.1 Å². The van der Waals surface area contributed by atoms with Crippen LogP contribution in [-0.4, -0.2) is 20.4 Å². The summed E-state index contributed by atoms with van der Waals surface area (Å²) in [6.45, 7) is 0. The zero-order valence-electron chi connectivity index (χ0n) is 10.2. The van der Waals surface area contributed by atoms with Gasteiger partial charge in [-0.05, 0) is 22.9 Å². The number of benzene rings is 2. The highest BCUT2D eigenvalue weighted by Crippen LogP contribution is 2.22. The van der Waals surface area contributed by atoms with Gasteiger partial charge in [-0.3, -0.25) is 10.1 Å². The molecule has 0 atom stereocenters. The van der Waals surface area contributed by atoms with E-state index in [4.69, 9.17) is 0 Å². The average Bonchev–Trinajstić information content (AvgIpc) is 3.07. The van der Waals surface area contributed by atoms with E-state index < -0.39 is 0 Å². The van der Waals surface area contributed by atoms with Gasteiger partial charge in [-0.25, -0.2) is 0 Å². The highest BCUT2D eigenvalue weighted by molar-refractivity contribution is 6.05. The minimum atomic E-state index is 1.06. The molecule has 0 saturated carbocycles. The van der Waals surface area contributed by atoms with Crippen molar-refractivity contribution < 1.29 is 0 Å². The molecule has 0 aliphatic carbocycles. The van der Waals surface area contributed by atoms with Crippen molar-refractivity contribution in [2.24, 2.45) is 0 Å². The van der Waals surface area contributed by atoms with Crippen molar-refractivity contribution in [3.8, 4) is 0 Å². The lowest BCUT2D eigenvalue weighted by molar-refractivity contribution is 0.940. The van der Waals surface area contributed by atoms with Gasteiger partial charge < -0.3 is 0 Å². The normalized spacial score (nSPS) is 10.1. The van der Waals surface area contributed by atoms with Crippen LogP contribution < -0.4 is 0 Å². The Morgan fingerprint density at radius 2 is 1.68 bits per heavy atom. The summed E-state index contributed by atoms with van der Waals surface area (Å²) in [6, 6.07) is 16.7. The van der Waals surface area contributed by atoms with E-state index in [0.29, 0.717) is 0 Å². The highest BCUT2D eigenvalue weighted by Gasteiger charge is 1.98. The van der Waals surface area contributed by atoms with Crippen molar-refractivity contribution in [3.63, 3.8) is 0 Å². The molecule has 0 unspecified atom stereocenters. The van der Waals surface area contributed by atoms with Crippen molar-refractivity contribution in [2.45, 2.75) is 0 Å². The molecule has 4 heteroatoms. The Kier molecular flexibility index (Phi) is 3.14. The maximum atomic E-state index is 4.33. The Morgan fingerprint density at radius 1 is 0.789 bits per heavy atom. The third-order valence-electron chi connectivity index (χ3n) is 2.84. The predicted molar refractivity (Wildman–Crippen MR) is 75.6 cm³/mol. The van der Waals surface area contributed by atoms with Gasteiger partial charge in [0.25, 0.3) is 0 Å². The first-order valence-electron chi connectivity index (χ1n) is 5.98. The van der Waals surface area contributed by atoms with Gasteiger partial charge in [0.15, 0.2) is 0 Å². The van der Waals surface area contributed by atoms with Crippen molar-refractivity contribution in [3.05, 3.63) is 67.1 Å².